The van der Waals surface area contributed by atoms with E-state index in [4.69, 9.17) is 0 Å². The zero-order chi connectivity index (χ0) is 19.7. The van der Waals surface area contributed by atoms with Gasteiger partial charge in [-0.05, 0) is 57.3 Å². The van der Waals surface area contributed by atoms with Crippen LogP contribution in [0, 0.1) is 23.2 Å². The van der Waals surface area contributed by atoms with E-state index in [2.05, 4.69) is 26.3 Å². The fraction of sp³-hybridized carbons (Fsp3) is 0.524. The molecular weight excluding hydrogens is 352 g/mol. The average Bonchev–Trinajstić information content (AvgIpc) is 3.51. The maximum atomic E-state index is 12.3. The molecule has 0 bridgehead atoms. The smallest absolute Gasteiger partial charge is 0.234 e. The monoisotopic (exact) mass is 378 g/mol. The van der Waals surface area contributed by atoms with Gasteiger partial charge in [0.05, 0.1) is 17.8 Å². The lowest BCUT2D eigenvalue weighted by Crippen LogP contribution is -2.52. The third-order valence-electron chi connectivity index (χ3n) is 5.66. The number of carbonyl (C=O) groups excluding carboxylic acids is 1. The van der Waals surface area contributed by atoms with Crippen molar-refractivity contribution in [1.82, 2.24) is 20.2 Å². The molecule has 0 unspecified atom stereocenters. The van der Waals surface area contributed by atoms with Crippen molar-refractivity contribution in [3.63, 3.8) is 0 Å². The minimum Gasteiger partial charge on any atom is -0.367 e. The van der Waals surface area contributed by atoms with E-state index in [1.165, 1.54) is 12.8 Å². The van der Waals surface area contributed by atoms with Crippen LogP contribution < -0.4 is 10.2 Å². The first-order valence-corrected chi connectivity index (χ1v) is 9.88. The van der Waals surface area contributed by atoms with E-state index in [0.717, 1.165) is 36.6 Å². The SMILES string of the molecule is CN(C)CC(=O)N[C@@H]1C[C@H](C2CC2)CN(c2ccc(C#N)c3nccnc23)C1. The van der Waals surface area contributed by atoms with Crippen LogP contribution >= 0.6 is 0 Å². The van der Waals surface area contributed by atoms with Crippen LogP contribution in [-0.2, 0) is 4.79 Å². The summed E-state index contributed by atoms with van der Waals surface area (Å²) in [6.45, 7) is 2.11. The molecule has 1 aliphatic carbocycles. The van der Waals surface area contributed by atoms with Gasteiger partial charge in [-0.3, -0.25) is 14.8 Å². The molecule has 1 saturated carbocycles. The Bertz CT molecular complexity index is 917. The first kappa shape index (κ1) is 18.6. The molecule has 2 heterocycles. The van der Waals surface area contributed by atoms with E-state index in [1.807, 2.05) is 31.1 Å². The highest BCUT2D eigenvalue weighted by atomic mass is 16.2. The molecule has 2 aliphatic rings. The van der Waals surface area contributed by atoms with Gasteiger partial charge in [0.15, 0.2) is 0 Å². The lowest BCUT2D eigenvalue weighted by molar-refractivity contribution is -0.122. The number of hydrogen-bond acceptors (Lipinski definition) is 6. The topological polar surface area (TPSA) is 85.2 Å². The first-order chi connectivity index (χ1) is 13.5. The largest absolute Gasteiger partial charge is 0.367 e. The Hall–Kier alpha value is -2.72. The zero-order valence-corrected chi connectivity index (χ0v) is 16.4. The molecule has 1 aromatic carbocycles. The van der Waals surface area contributed by atoms with E-state index in [1.54, 1.807) is 12.4 Å². The summed E-state index contributed by atoms with van der Waals surface area (Å²) in [6.07, 6.45) is 6.89. The summed E-state index contributed by atoms with van der Waals surface area (Å²) in [4.78, 5) is 25.4. The lowest BCUT2D eigenvalue weighted by atomic mass is 9.89. The zero-order valence-electron chi connectivity index (χ0n) is 16.4. The molecular formula is C21H26N6O. The van der Waals surface area contributed by atoms with E-state index < -0.39 is 0 Å². The van der Waals surface area contributed by atoms with Gasteiger partial charge < -0.3 is 15.1 Å². The van der Waals surface area contributed by atoms with Gasteiger partial charge in [-0.1, -0.05) is 0 Å². The van der Waals surface area contributed by atoms with Gasteiger partial charge in [0.2, 0.25) is 5.91 Å². The Balaban J connectivity index is 1.62. The highest BCUT2D eigenvalue weighted by molar-refractivity contribution is 5.92. The fourth-order valence-electron chi connectivity index (χ4n) is 4.30. The van der Waals surface area contributed by atoms with Crippen LogP contribution in [0.5, 0.6) is 0 Å². The van der Waals surface area contributed by atoms with Crippen molar-refractivity contribution in [3.8, 4) is 6.07 Å². The molecule has 28 heavy (non-hydrogen) atoms. The molecule has 7 heteroatoms. The number of anilines is 1. The van der Waals surface area contributed by atoms with Crippen molar-refractivity contribution in [2.24, 2.45) is 11.8 Å². The van der Waals surface area contributed by atoms with E-state index in [9.17, 15) is 10.1 Å². The van der Waals surface area contributed by atoms with Gasteiger partial charge in [-0.15, -0.1) is 0 Å². The minimum atomic E-state index is 0.0656. The van der Waals surface area contributed by atoms with Crippen molar-refractivity contribution in [2.75, 3.05) is 38.6 Å². The number of likely N-dealkylation sites (N-methyl/N-ethyl adjacent to an activating group) is 1. The number of aromatic nitrogens is 2. The van der Waals surface area contributed by atoms with Gasteiger partial charge in [0.1, 0.15) is 17.1 Å². The number of amides is 1. The molecule has 7 nitrogen and oxygen atoms in total. The highest BCUT2D eigenvalue weighted by Crippen LogP contribution is 2.42. The summed E-state index contributed by atoms with van der Waals surface area (Å²) >= 11 is 0. The Morgan fingerprint density at radius 3 is 2.64 bits per heavy atom. The minimum absolute atomic E-state index is 0.0656. The molecule has 1 amide bonds. The molecule has 0 spiro atoms. The van der Waals surface area contributed by atoms with Crippen LogP contribution in [0.3, 0.4) is 0 Å². The molecule has 2 aromatic rings. The molecule has 2 fully saturated rings. The Morgan fingerprint density at radius 2 is 1.96 bits per heavy atom. The lowest BCUT2D eigenvalue weighted by Gasteiger charge is -2.40. The number of nitriles is 1. The van der Waals surface area contributed by atoms with Crippen LogP contribution in [0.25, 0.3) is 11.0 Å². The van der Waals surface area contributed by atoms with Gasteiger partial charge in [0, 0.05) is 31.5 Å². The van der Waals surface area contributed by atoms with Gasteiger partial charge in [-0.2, -0.15) is 5.26 Å². The van der Waals surface area contributed by atoms with Crippen LogP contribution in [0.4, 0.5) is 5.69 Å². The van der Waals surface area contributed by atoms with E-state index in [0.29, 0.717) is 23.5 Å². The number of nitrogens with one attached hydrogen (secondary N) is 1. The second-order valence-electron chi connectivity index (χ2n) is 8.24. The van der Waals surface area contributed by atoms with Crippen molar-refractivity contribution < 1.29 is 4.79 Å². The van der Waals surface area contributed by atoms with Crippen molar-refractivity contribution >= 4 is 22.6 Å². The second-order valence-corrected chi connectivity index (χ2v) is 8.24. The van der Waals surface area contributed by atoms with Crippen molar-refractivity contribution in [3.05, 3.63) is 30.1 Å². The Labute approximate surface area is 165 Å². The quantitative estimate of drug-likeness (QED) is 0.854. The number of carbonyl (C=O) groups is 1. The summed E-state index contributed by atoms with van der Waals surface area (Å²) in [5.41, 5.74) is 2.94. The van der Waals surface area contributed by atoms with Gasteiger partial charge in [0.25, 0.3) is 0 Å². The molecule has 2 atom stereocenters. The summed E-state index contributed by atoms with van der Waals surface area (Å²) < 4.78 is 0. The molecule has 4 rings (SSSR count). The molecule has 1 saturated heterocycles. The van der Waals surface area contributed by atoms with Gasteiger partial charge in [-0.25, -0.2) is 0 Å². The molecule has 146 valence electrons. The summed E-state index contributed by atoms with van der Waals surface area (Å²) in [7, 11) is 3.81. The predicted octanol–water partition coefficient (Wildman–Crippen LogP) is 1.78. The maximum Gasteiger partial charge on any atom is 0.234 e. The van der Waals surface area contributed by atoms with Gasteiger partial charge >= 0.3 is 0 Å². The van der Waals surface area contributed by atoms with Crippen LogP contribution in [0.1, 0.15) is 24.8 Å². The Kier molecular flexibility index (Phi) is 5.14. The summed E-state index contributed by atoms with van der Waals surface area (Å²) in [5.74, 6) is 1.39. The fourth-order valence-corrected chi connectivity index (χ4v) is 4.30. The number of benzene rings is 1. The standard InChI is InChI=1S/C21H26N6O/c1-26(2)13-19(28)25-17-9-16(14-3-4-14)11-27(12-17)18-6-5-15(10-22)20-21(18)24-8-7-23-20/h5-8,14,16-17H,3-4,9,11-13H2,1-2H3,(H,25,28)/t16-,17+/m0/s1. The maximum absolute atomic E-state index is 12.3. The normalized spacial score (nSPS) is 22.3. The molecule has 0 radical (unpaired) electrons. The molecule has 1 aliphatic heterocycles. The third kappa shape index (κ3) is 3.92. The number of hydrogen-bond donors (Lipinski definition) is 1. The Morgan fingerprint density at radius 1 is 1.21 bits per heavy atom. The average molecular weight is 378 g/mol. The first-order valence-electron chi connectivity index (χ1n) is 9.88. The van der Waals surface area contributed by atoms with Crippen LogP contribution in [0.2, 0.25) is 0 Å². The van der Waals surface area contributed by atoms with Crippen molar-refractivity contribution in [1.29, 1.82) is 5.26 Å². The number of piperidine rings is 1. The number of fused-ring (bicyclic) bond motifs is 1. The number of rotatable bonds is 5. The second kappa shape index (κ2) is 7.72. The van der Waals surface area contributed by atoms with Crippen LogP contribution in [-0.4, -0.2) is 60.5 Å². The predicted molar refractivity (Wildman–Crippen MR) is 108 cm³/mol. The van der Waals surface area contributed by atoms with E-state index >= 15 is 0 Å². The van der Waals surface area contributed by atoms with Crippen molar-refractivity contribution in [2.45, 2.75) is 25.3 Å². The summed E-state index contributed by atoms with van der Waals surface area (Å²) in [6, 6.07) is 6.13. The van der Waals surface area contributed by atoms with Crippen LogP contribution in [0.15, 0.2) is 24.5 Å². The molecule has 1 aromatic heterocycles. The van der Waals surface area contributed by atoms with E-state index in [-0.39, 0.29) is 11.9 Å². The highest BCUT2D eigenvalue weighted by Gasteiger charge is 2.38. The number of nitrogens with zero attached hydrogens (tertiary/aromatic N) is 5. The molecule has 1 N–H and O–H groups in total. The summed E-state index contributed by atoms with van der Waals surface area (Å²) in [5, 5.41) is 12.6. The third-order valence-corrected chi connectivity index (χ3v) is 5.66.